The van der Waals surface area contributed by atoms with Gasteiger partial charge in [0.2, 0.25) is 0 Å². The number of aliphatic hydroxyl groups is 3. The van der Waals surface area contributed by atoms with E-state index >= 15 is 0 Å². The molecular formula is C11H18O4. The van der Waals surface area contributed by atoms with Crippen LogP contribution in [-0.2, 0) is 4.79 Å². The molecule has 0 aromatic carbocycles. The maximum absolute atomic E-state index is 11.5. The number of hydrogen-bond donors (Lipinski definition) is 3. The second-order valence-electron chi connectivity index (χ2n) is 5.11. The van der Waals surface area contributed by atoms with Crippen molar-refractivity contribution in [2.45, 2.75) is 45.3 Å². The van der Waals surface area contributed by atoms with Gasteiger partial charge in [-0.25, -0.2) is 0 Å². The highest BCUT2D eigenvalue weighted by Gasteiger charge is 2.38. The molecule has 4 heteroatoms. The van der Waals surface area contributed by atoms with Crippen molar-refractivity contribution < 1.29 is 20.1 Å². The quantitative estimate of drug-likeness (QED) is 0.560. The normalized spacial score (nSPS) is 36.7. The number of hydrogen-bond acceptors (Lipinski definition) is 4. The van der Waals surface area contributed by atoms with Crippen molar-refractivity contribution in [2.24, 2.45) is 5.41 Å². The van der Waals surface area contributed by atoms with Crippen LogP contribution in [0, 0.1) is 5.41 Å². The average molecular weight is 214 g/mol. The van der Waals surface area contributed by atoms with Crippen LogP contribution in [0.25, 0.3) is 0 Å². The fraction of sp³-hybridized carbons (Fsp3) is 0.727. The van der Waals surface area contributed by atoms with Crippen molar-refractivity contribution >= 4 is 5.78 Å². The number of aliphatic hydroxyl groups excluding tert-OH is 2. The summed E-state index contributed by atoms with van der Waals surface area (Å²) in [7, 11) is 0. The molecule has 0 saturated heterocycles. The van der Waals surface area contributed by atoms with Gasteiger partial charge in [-0.1, -0.05) is 13.8 Å². The molecule has 0 unspecified atom stereocenters. The van der Waals surface area contributed by atoms with E-state index in [1.54, 1.807) is 13.8 Å². The molecule has 3 N–H and O–H groups in total. The summed E-state index contributed by atoms with van der Waals surface area (Å²) < 4.78 is 0. The molecule has 0 bridgehead atoms. The second-order valence-corrected chi connectivity index (χ2v) is 5.11. The minimum atomic E-state index is -1.59. The van der Waals surface area contributed by atoms with Crippen molar-refractivity contribution in [2.75, 3.05) is 0 Å². The van der Waals surface area contributed by atoms with E-state index in [0.717, 1.165) is 6.08 Å². The predicted molar refractivity (Wildman–Crippen MR) is 55.4 cm³/mol. The summed E-state index contributed by atoms with van der Waals surface area (Å²) in [5.41, 5.74) is -2.23. The van der Waals surface area contributed by atoms with Crippen molar-refractivity contribution in [1.29, 1.82) is 0 Å². The summed E-state index contributed by atoms with van der Waals surface area (Å²) in [6.45, 7) is 4.84. The molecule has 86 valence electrons. The van der Waals surface area contributed by atoms with Crippen LogP contribution in [-0.4, -0.2) is 32.8 Å². The maximum Gasteiger partial charge on any atom is 0.190 e. The van der Waals surface area contributed by atoms with Gasteiger partial charge in [0.25, 0.3) is 0 Å². The molecule has 0 heterocycles. The summed E-state index contributed by atoms with van der Waals surface area (Å²) in [6, 6.07) is 0. The Labute approximate surface area is 89.2 Å². The maximum atomic E-state index is 11.5. The van der Waals surface area contributed by atoms with E-state index in [1.165, 1.54) is 6.92 Å². The summed E-state index contributed by atoms with van der Waals surface area (Å²) >= 11 is 0. The average Bonchev–Trinajstić information content (AvgIpc) is 1.99. The lowest BCUT2D eigenvalue weighted by Gasteiger charge is -2.33. The van der Waals surface area contributed by atoms with Gasteiger partial charge in [-0.3, -0.25) is 4.79 Å². The van der Waals surface area contributed by atoms with Gasteiger partial charge >= 0.3 is 0 Å². The van der Waals surface area contributed by atoms with Gasteiger partial charge in [0.15, 0.2) is 5.78 Å². The largest absolute Gasteiger partial charge is 0.512 e. The van der Waals surface area contributed by atoms with E-state index in [-0.39, 0.29) is 12.2 Å². The van der Waals surface area contributed by atoms with Gasteiger partial charge < -0.3 is 15.3 Å². The van der Waals surface area contributed by atoms with Gasteiger partial charge in [0.1, 0.15) is 11.4 Å². The molecule has 0 aliphatic heterocycles. The third-order valence-corrected chi connectivity index (χ3v) is 2.87. The van der Waals surface area contributed by atoms with Crippen LogP contribution in [0.5, 0.6) is 0 Å². The number of ketones is 1. The Balaban J connectivity index is 3.10. The zero-order chi connectivity index (χ0) is 11.9. The number of rotatable bonds is 0. The Kier molecular flexibility index (Phi) is 2.94. The molecule has 0 fully saturated rings. The topological polar surface area (TPSA) is 77.8 Å². The van der Waals surface area contributed by atoms with Crippen LogP contribution in [0.15, 0.2) is 11.8 Å². The second kappa shape index (κ2) is 3.61. The lowest BCUT2D eigenvalue weighted by Crippen LogP contribution is -2.41. The highest BCUT2D eigenvalue weighted by atomic mass is 16.3. The first-order valence-corrected chi connectivity index (χ1v) is 5.01. The molecule has 1 aliphatic carbocycles. The molecule has 0 radical (unpaired) electrons. The molecule has 1 rings (SSSR count). The van der Waals surface area contributed by atoms with Crippen LogP contribution in [0.1, 0.15) is 33.6 Å². The zero-order valence-electron chi connectivity index (χ0n) is 9.32. The summed E-state index contributed by atoms with van der Waals surface area (Å²) in [5, 5.41) is 29.1. The summed E-state index contributed by atoms with van der Waals surface area (Å²) in [5.74, 6) is -0.654. The Morgan fingerprint density at radius 1 is 1.33 bits per heavy atom. The highest BCUT2D eigenvalue weighted by Crippen LogP contribution is 2.34. The lowest BCUT2D eigenvalue weighted by molar-refractivity contribution is -0.135. The van der Waals surface area contributed by atoms with Crippen molar-refractivity contribution in [3.8, 4) is 0 Å². The lowest BCUT2D eigenvalue weighted by atomic mass is 9.77. The van der Waals surface area contributed by atoms with Crippen LogP contribution in [0.4, 0.5) is 0 Å². The van der Waals surface area contributed by atoms with Gasteiger partial charge in [-0.15, -0.1) is 0 Å². The first-order valence-electron chi connectivity index (χ1n) is 5.01. The molecule has 0 spiro atoms. The standard InChI is InChI=1S/C11H18O4/c1-10(2)5-7(12)6-11(3,15)9(14)4-8(10)13/h4,7,12-13,15H,5-6H2,1-3H3/t7-,11+/m0/s1. The molecule has 4 nitrogen and oxygen atoms in total. The van der Waals surface area contributed by atoms with E-state index in [0.29, 0.717) is 6.42 Å². The minimum Gasteiger partial charge on any atom is -0.512 e. The predicted octanol–water partition coefficient (Wildman–Crippen LogP) is 0.929. The first-order chi connectivity index (χ1) is 6.65. The van der Waals surface area contributed by atoms with Crippen LogP contribution in [0.3, 0.4) is 0 Å². The molecule has 2 atom stereocenters. The van der Waals surface area contributed by atoms with Gasteiger partial charge in [0.05, 0.1) is 6.10 Å². The van der Waals surface area contributed by atoms with Crippen molar-refractivity contribution in [1.82, 2.24) is 0 Å². The number of allylic oxidation sites excluding steroid dienone is 1. The van der Waals surface area contributed by atoms with E-state index in [4.69, 9.17) is 0 Å². The third kappa shape index (κ3) is 2.58. The summed E-state index contributed by atoms with van der Waals surface area (Å²) in [4.78, 5) is 11.5. The Hall–Kier alpha value is -0.870. The molecule has 1 aliphatic rings. The van der Waals surface area contributed by atoms with E-state index < -0.39 is 22.9 Å². The molecule has 0 amide bonds. The smallest absolute Gasteiger partial charge is 0.190 e. The Morgan fingerprint density at radius 2 is 1.87 bits per heavy atom. The molecular weight excluding hydrogens is 196 g/mol. The summed E-state index contributed by atoms with van der Waals surface area (Å²) in [6.07, 6.45) is 0.582. The van der Waals surface area contributed by atoms with Gasteiger partial charge in [0, 0.05) is 17.9 Å². The SMILES string of the molecule is CC1(C)C[C@H](O)C[C@@](C)(O)C(=O)C=C1O. The van der Waals surface area contributed by atoms with Crippen LogP contribution < -0.4 is 0 Å². The monoisotopic (exact) mass is 214 g/mol. The Bertz CT molecular complexity index is 302. The third-order valence-electron chi connectivity index (χ3n) is 2.87. The van der Waals surface area contributed by atoms with Crippen LogP contribution >= 0.6 is 0 Å². The van der Waals surface area contributed by atoms with Gasteiger partial charge in [-0.2, -0.15) is 0 Å². The zero-order valence-corrected chi connectivity index (χ0v) is 9.32. The molecule has 0 aromatic rings. The molecule has 0 saturated carbocycles. The molecule has 15 heavy (non-hydrogen) atoms. The highest BCUT2D eigenvalue weighted by molar-refractivity contribution is 5.97. The first kappa shape index (κ1) is 12.2. The minimum absolute atomic E-state index is 0.000949. The molecule has 0 aromatic heterocycles. The van der Waals surface area contributed by atoms with E-state index in [9.17, 15) is 20.1 Å². The fourth-order valence-corrected chi connectivity index (χ4v) is 1.80. The van der Waals surface area contributed by atoms with Crippen LogP contribution in [0.2, 0.25) is 0 Å². The number of carbonyl (C=O) groups is 1. The van der Waals surface area contributed by atoms with Gasteiger partial charge in [-0.05, 0) is 13.3 Å². The number of carbonyl (C=O) groups excluding carboxylic acids is 1. The fourth-order valence-electron chi connectivity index (χ4n) is 1.80. The van der Waals surface area contributed by atoms with E-state index in [1.807, 2.05) is 0 Å². The van der Waals surface area contributed by atoms with Crippen molar-refractivity contribution in [3.05, 3.63) is 11.8 Å². The Morgan fingerprint density at radius 3 is 2.40 bits per heavy atom. The van der Waals surface area contributed by atoms with E-state index in [2.05, 4.69) is 0 Å². The van der Waals surface area contributed by atoms with Crippen molar-refractivity contribution in [3.63, 3.8) is 0 Å².